The number of benzene rings is 1. The van der Waals surface area contributed by atoms with Crippen LogP contribution in [0.5, 0.6) is 0 Å². The fraction of sp³-hybridized carbons (Fsp3) is 0.278. The maximum absolute atomic E-state index is 5.90. The highest BCUT2D eigenvalue weighted by Gasteiger charge is 2.24. The number of hydrogen-bond acceptors (Lipinski definition) is 3. The molecule has 0 spiro atoms. The summed E-state index contributed by atoms with van der Waals surface area (Å²) in [6.45, 7) is 2.20. The molecule has 0 bridgehead atoms. The van der Waals surface area contributed by atoms with Crippen LogP contribution in [0.1, 0.15) is 11.9 Å². The highest BCUT2D eigenvalue weighted by atomic mass is 79.9. The standard InChI is InChI=1S/C18H17BrN2O2/c19-16-10-21(17-15(16)7-4-8-20-17)9-13-11-22-18(23-12-13)14-5-2-1-3-6-14/h1-8,10,13,18H,9,11-12H2. The molecule has 3 aromatic rings. The molecule has 0 saturated carbocycles. The number of aromatic nitrogens is 2. The molecule has 0 radical (unpaired) electrons. The maximum Gasteiger partial charge on any atom is 0.183 e. The van der Waals surface area contributed by atoms with E-state index in [9.17, 15) is 0 Å². The third-order valence-corrected chi connectivity index (χ3v) is 4.71. The zero-order valence-electron chi connectivity index (χ0n) is 12.6. The van der Waals surface area contributed by atoms with Crippen LogP contribution in [0.3, 0.4) is 0 Å². The van der Waals surface area contributed by atoms with Gasteiger partial charge in [0.05, 0.1) is 13.2 Å². The van der Waals surface area contributed by atoms with E-state index in [1.165, 1.54) is 0 Å². The van der Waals surface area contributed by atoms with E-state index >= 15 is 0 Å². The summed E-state index contributed by atoms with van der Waals surface area (Å²) < 4.78 is 15.0. The lowest BCUT2D eigenvalue weighted by Gasteiger charge is -2.29. The van der Waals surface area contributed by atoms with Gasteiger partial charge >= 0.3 is 0 Å². The van der Waals surface area contributed by atoms with Gasteiger partial charge in [-0.1, -0.05) is 30.3 Å². The van der Waals surface area contributed by atoms with Crippen molar-refractivity contribution in [1.82, 2.24) is 9.55 Å². The molecule has 3 heterocycles. The van der Waals surface area contributed by atoms with Gasteiger partial charge in [-0.05, 0) is 28.1 Å². The van der Waals surface area contributed by atoms with Crippen molar-refractivity contribution in [2.75, 3.05) is 13.2 Å². The van der Waals surface area contributed by atoms with Crippen molar-refractivity contribution in [1.29, 1.82) is 0 Å². The molecule has 1 aliphatic heterocycles. The van der Waals surface area contributed by atoms with E-state index in [1.807, 2.05) is 42.6 Å². The first-order valence-electron chi connectivity index (χ1n) is 7.69. The quantitative estimate of drug-likeness (QED) is 0.692. The molecule has 0 amide bonds. The van der Waals surface area contributed by atoms with Crippen molar-refractivity contribution in [3.05, 3.63) is 64.9 Å². The molecule has 4 nitrogen and oxygen atoms in total. The van der Waals surface area contributed by atoms with E-state index in [1.54, 1.807) is 0 Å². The molecule has 0 atom stereocenters. The van der Waals surface area contributed by atoms with E-state index in [-0.39, 0.29) is 6.29 Å². The second kappa shape index (κ2) is 6.43. The van der Waals surface area contributed by atoms with Gasteiger partial charge in [-0.15, -0.1) is 0 Å². The Balaban J connectivity index is 1.45. The number of pyridine rings is 1. The van der Waals surface area contributed by atoms with E-state index in [0.717, 1.165) is 27.6 Å². The van der Waals surface area contributed by atoms with Gasteiger partial charge in [0, 0.05) is 40.3 Å². The SMILES string of the molecule is Brc1cn(CC2COC(c3ccccc3)OC2)c2ncccc12. The van der Waals surface area contributed by atoms with Crippen LogP contribution in [0.15, 0.2) is 59.3 Å². The van der Waals surface area contributed by atoms with Gasteiger partial charge in [-0.2, -0.15) is 0 Å². The largest absolute Gasteiger partial charge is 0.348 e. The van der Waals surface area contributed by atoms with Gasteiger partial charge < -0.3 is 14.0 Å². The number of halogens is 1. The third-order valence-electron chi connectivity index (χ3n) is 4.08. The van der Waals surface area contributed by atoms with Crippen molar-refractivity contribution in [3.8, 4) is 0 Å². The summed E-state index contributed by atoms with van der Waals surface area (Å²) in [7, 11) is 0. The van der Waals surface area contributed by atoms with E-state index in [2.05, 4.69) is 37.7 Å². The summed E-state index contributed by atoms with van der Waals surface area (Å²) >= 11 is 3.60. The molecular formula is C18H17BrN2O2. The maximum atomic E-state index is 5.90. The fourth-order valence-electron chi connectivity index (χ4n) is 2.95. The summed E-state index contributed by atoms with van der Waals surface area (Å²) in [5, 5.41) is 1.13. The van der Waals surface area contributed by atoms with Crippen LogP contribution in [0.4, 0.5) is 0 Å². The van der Waals surface area contributed by atoms with E-state index in [4.69, 9.17) is 9.47 Å². The summed E-state index contributed by atoms with van der Waals surface area (Å²) in [5.74, 6) is 0.319. The first kappa shape index (κ1) is 14.9. The minimum Gasteiger partial charge on any atom is -0.348 e. The lowest BCUT2D eigenvalue weighted by molar-refractivity contribution is -0.206. The molecule has 0 unspecified atom stereocenters. The Bertz CT molecular complexity index is 795. The molecule has 0 aliphatic carbocycles. The highest BCUT2D eigenvalue weighted by Crippen LogP contribution is 2.28. The van der Waals surface area contributed by atoms with Crippen molar-refractivity contribution in [2.24, 2.45) is 5.92 Å². The lowest BCUT2D eigenvalue weighted by Crippen LogP contribution is -2.30. The molecule has 1 aromatic carbocycles. The Hall–Kier alpha value is -1.69. The molecule has 5 heteroatoms. The summed E-state index contributed by atoms with van der Waals surface area (Å²) in [6, 6.07) is 14.1. The van der Waals surface area contributed by atoms with Gasteiger partial charge in [0.15, 0.2) is 6.29 Å². The molecule has 1 fully saturated rings. The predicted octanol–water partition coefficient (Wildman–Crippen LogP) is 4.16. The first-order chi connectivity index (χ1) is 11.3. The normalized spacial score (nSPS) is 21.6. The van der Waals surface area contributed by atoms with Crippen LogP contribution in [0, 0.1) is 5.92 Å². The van der Waals surface area contributed by atoms with Gasteiger partial charge in [0.1, 0.15) is 5.65 Å². The van der Waals surface area contributed by atoms with Crippen LogP contribution < -0.4 is 0 Å². The van der Waals surface area contributed by atoms with Crippen molar-refractivity contribution < 1.29 is 9.47 Å². The van der Waals surface area contributed by atoms with E-state index in [0.29, 0.717) is 19.1 Å². The molecule has 1 saturated heterocycles. The zero-order valence-corrected chi connectivity index (χ0v) is 14.1. The van der Waals surface area contributed by atoms with Crippen LogP contribution in [0.25, 0.3) is 11.0 Å². The summed E-state index contributed by atoms with van der Waals surface area (Å²) in [5.41, 5.74) is 2.06. The summed E-state index contributed by atoms with van der Waals surface area (Å²) in [4.78, 5) is 4.48. The monoisotopic (exact) mass is 372 g/mol. The second-order valence-electron chi connectivity index (χ2n) is 5.78. The smallest absolute Gasteiger partial charge is 0.183 e. The third kappa shape index (κ3) is 3.04. The van der Waals surface area contributed by atoms with Crippen LogP contribution in [-0.2, 0) is 16.0 Å². The van der Waals surface area contributed by atoms with Crippen molar-refractivity contribution in [2.45, 2.75) is 12.8 Å². The Morgan fingerprint density at radius 2 is 1.87 bits per heavy atom. The van der Waals surface area contributed by atoms with E-state index < -0.39 is 0 Å². The Morgan fingerprint density at radius 1 is 1.09 bits per heavy atom. The molecule has 1 aliphatic rings. The predicted molar refractivity (Wildman–Crippen MR) is 92.0 cm³/mol. The highest BCUT2D eigenvalue weighted by molar-refractivity contribution is 9.10. The van der Waals surface area contributed by atoms with Crippen LogP contribution in [-0.4, -0.2) is 22.8 Å². The number of hydrogen-bond donors (Lipinski definition) is 0. The minimum atomic E-state index is -0.251. The van der Waals surface area contributed by atoms with Gasteiger partial charge in [-0.3, -0.25) is 0 Å². The average molecular weight is 373 g/mol. The Morgan fingerprint density at radius 3 is 2.65 bits per heavy atom. The number of fused-ring (bicyclic) bond motifs is 1. The second-order valence-corrected chi connectivity index (χ2v) is 6.63. The van der Waals surface area contributed by atoms with Crippen LogP contribution in [0.2, 0.25) is 0 Å². The zero-order chi connectivity index (χ0) is 15.6. The molecule has 118 valence electrons. The number of ether oxygens (including phenoxy) is 2. The summed E-state index contributed by atoms with van der Waals surface area (Å²) in [6.07, 6.45) is 3.66. The molecular weight excluding hydrogens is 356 g/mol. The molecule has 2 aromatic heterocycles. The van der Waals surface area contributed by atoms with Crippen molar-refractivity contribution >= 4 is 27.0 Å². The Kier molecular flexibility index (Phi) is 4.16. The lowest BCUT2D eigenvalue weighted by atomic mass is 10.1. The average Bonchev–Trinajstić information content (AvgIpc) is 2.93. The molecule has 0 N–H and O–H groups in total. The number of nitrogens with zero attached hydrogens (tertiary/aromatic N) is 2. The van der Waals surface area contributed by atoms with Gasteiger partial charge in [0.25, 0.3) is 0 Å². The van der Waals surface area contributed by atoms with Crippen molar-refractivity contribution in [3.63, 3.8) is 0 Å². The molecule has 23 heavy (non-hydrogen) atoms. The van der Waals surface area contributed by atoms with Gasteiger partial charge in [-0.25, -0.2) is 4.98 Å². The topological polar surface area (TPSA) is 36.3 Å². The Labute approximate surface area is 143 Å². The molecule has 4 rings (SSSR count). The first-order valence-corrected chi connectivity index (χ1v) is 8.48. The minimum absolute atomic E-state index is 0.251. The van der Waals surface area contributed by atoms with Gasteiger partial charge in [0.2, 0.25) is 0 Å². The fourth-order valence-corrected chi connectivity index (χ4v) is 3.50. The van der Waals surface area contributed by atoms with Crippen LogP contribution >= 0.6 is 15.9 Å². The number of rotatable bonds is 3.